The van der Waals surface area contributed by atoms with E-state index in [1.807, 2.05) is 30.3 Å². The highest BCUT2D eigenvalue weighted by Crippen LogP contribution is 2.40. The van der Waals surface area contributed by atoms with Crippen LogP contribution in [0.25, 0.3) is 0 Å². The van der Waals surface area contributed by atoms with Crippen molar-refractivity contribution in [2.45, 2.75) is 54.5 Å². The number of hydrogen-bond donors (Lipinski definition) is 0. The number of carbonyl (C=O) groups excluding carboxylic acids is 5. The summed E-state index contributed by atoms with van der Waals surface area (Å²) in [5.74, 6) is -3.11. The van der Waals surface area contributed by atoms with E-state index in [1.165, 1.54) is 18.7 Å². The van der Waals surface area contributed by atoms with Gasteiger partial charge in [0.25, 0.3) is 0 Å². The Balaban J connectivity index is 1.51. The first-order valence-electron chi connectivity index (χ1n) is 15.6. The molecule has 0 N–H and O–H groups in total. The number of Topliss-reactive ketones (excluding diaryl/α,β-unsaturated/α-hetero) is 1. The molecule has 49 heavy (non-hydrogen) atoms. The number of esters is 4. The van der Waals surface area contributed by atoms with Gasteiger partial charge in [-0.15, -0.1) is 0 Å². The molecule has 0 radical (unpaired) electrons. The summed E-state index contributed by atoms with van der Waals surface area (Å²) in [4.78, 5) is 65.4. The summed E-state index contributed by atoms with van der Waals surface area (Å²) in [6.45, 7) is 0.855. The van der Waals surface area contributed by atoms with E-state index in [2.05, 4.69) is 0 Å². The molecule has 4 aromatic carbocycles. The van der Waals surface area contributed by atoms with E-state index in [9.17, 15) is 24.0 Å². The Kier molecular flexibility index (Phi) is 12.3. The van der Waals surface area contributed by atoms with Crippen molar-refractivity contribution in [2.24, 2.45) is 0 Å². The van der Waals surface area contributed by atoms with Gasteiger partial charge >= 0.3 is 23.9 Å². The number of benzene rings is 4. The monoisotopic (exact) mass is 682 g/mol. The van der Waals surface area contributed by atoms with Crippen LogP contribution in [0.3, 0.4) is 0 Å². The minimum absolute atomic E-state index is 0.0723. The molecule has 4 unspecified atom stereocenters. The van der Waals surface area contributed by atoms with E-state index in [4.69, 9.17) is 23.7 Å². The fourth-order valence-electron chi connectivity index (χ4n) is 4.98. The maximum Gasteiger partial charge on any atom is 0.338 e. The molecule has 5 rings (SSSR count). The zero-order valence-electron chi connectivity index (χ0n) is 26.5. The summed E-state index contributed by atoms with van der Waals surface area (Å²) in [5, 5.41) is 0. The van der Waals surface area contributed by atoms with Crippen LogP contribution in [0.1, 0.15) is 50.8 Å². The van der Waals surface area contributed by atoms with E-state index >= 15 is 0 Å². The molecule has 0 amide bonds. The predicted octanol–water partition coefficient (Wildman–Crippen LogP) is 6.09. The standard InChI is InChI=1S/C38H34O10S/c1-25(39)22-23-31(40)45-30(24-44-35(41)26-14-6-2-7-15-26)32-33(46-36(42)27-16-8-3-9-17-27)34(47-37(43)28-18-10-4-11-19-28)38(48-32)49-29-20-12-5-13-21-29/h2-21,30,32-34,38H,22-24H2,1H3/t30-,32?,33?,34?,38?/m1/s1. The van der Waals surface area contributed by atoms with Gasteiger partial charge in [0.2, 0.25) is 0 Å². The highest BCUT2D eigenvalue weighted by atomic mass is 32.2. The van der Waals surface area contributed by atoms with E-state index < -0.39 is 60.3 Å². The minimum atomic E-state index is -1.33. The molecule has 5 atom stereocenters. The summed E-state index contributed by atoms with van der Waals surface area (Å²) >= 11 is 1.21. The fourth-order valence-corrected chi connectivity index (χ4v) is 6.10. The van der Waals surface area contributed by atoms with Gasteiger partial charge in [-0.25, -0.2) is 14.4 Å². The van der Waals surface area contributed by atoms with Gasteiger partial charge in [0.1, 0.15) is 23.9 Å². The second-order valence-corrected chi connectivity index (χ2v) is 12.2. The van der Waals surface area contributed by atoms with Crippen LogP contribution >= 0.6 is 11.8 Å². The van der Waals surface area contributed by atoms with Crippen LogP contribution in [0.2, 0.25) is 0 Å². The molecule has 0 spiro atoms. The lowest BCUT2D eigenvalue weighted by molar-refractivity contribution is -0.164. The number of ether oxygens (including phenoxy) is 5. The molecule has 0 aliphatic carbocycles. The average Bonchev–Trinajstić information content (AvgIpc) is 3.45. The molecule has 10 nitrogen and oxygen atoms in total. The highest BCUT2D eigenvalue weighted by Gasteiger charge is 2.54. The van der Waals surface area contributed by atoms with Crippen molar-refractivity contribution in [3.8, 4) is 0 Å². The van der Waals surface area contributed by atoms with Crippen LogP contribution in [-0.2, 0) is 33.3 Å². The average molecular weight is 683 g/mol. The number of thioether (sulfide) groups is 1. The summed E-state index contributed by atoms with van der Waals surface area (Å²) < 4.78 is 29.9. The van der Waals surface area contributed by atoms with Crippen LogP contribution in [0.4, 0.5) is 0 Å². The predicted molar refractivity (Wildman–Crippen MR) is 179 cm³/mol. The zero-order chi connectivity index (χ0) is 34.6. The van der Waals surface area contributed by atoms with Crippen molar-refractivity contribution in [1.29, 1.82) is 0 Å². The lowest BCUT2D eigenvalue weighted by Crippen LogP contribution is -2.47. The van der Waals surface area contributed by atoms with Crippen molar-refractivity contribution in [3.63, 3.8) is 0 Å². The molecule has 252 valence electrons. The Bertz CT molecular complexity index is 1720. The van der Waals surface area contributed by atoms with Crippen molar-refractivity contribution < 1.29 is 47.7 Å². The Hall–Kier alpha value is -5.26. The molecule has 0 aromatic heterocycles. The number of rotatable bonds is 14. The molecule has 1 heterocycles. The van der Waals surface area contributed by atoms with Crippen LogP contribution < -0.4 is 0 Å². The molecule has 0 bridgehead atoms. The smallest absolute Gasteiger partial charge is 0.338 e. The van der Waals surface area contributed by atoms with Gasteiger partial charge in [-0.05, 0) is 55.5 Å². The molecule has 0 saturated carbocycles. The van der Waals surface area contributed by atoms with Crippen molar-refractivity contribution in [1.82, 2.24) is 0 Å². The minimum Gasteiger partial charge on any atom is -0.458 e. The van der Waals surface area contributed by atoms with E-state index in [1.54, 1.807) is 91.0 Å². The maximum atomic E-state index is 13.5. The lowest BCUT2D eigenvalue weighted by atomic mass is 10.1. The van der Waals surface area contributed by atoms with Crippen molar-refractivity contribution >= 4 is 41.4 Å². The molecule has 1 aliphatic rings. The normalized spacial score (nSPS) is 18.9. The topological polar surface area (TPSA) is 132 Å². The van der Waals surface area contributed by atoms with E-state index in [0.717, 1.165) is 4.90 Å². The Morgan fingerprint density at radius 2 is 1.10 bits per heavy atom. The van der Waals surface area contributed by atoms with Crippen LogP contribution in [-0.4, -0.2) is 66.1 Å². The van der Waals surface area contributed by atoms with Gasteiger partial charge < -0.3 is 28.5 Å². The van der Waals surface area contributed by atoms with Gasteiger partial charge in [0.05, 0.1) is 23.1 Å². The first kappa shape index (κ1) is 35.1. The van der Waals surface area contributed by atoms with Crippen LogP contribution in [0, 0.1) is 0 Å². The summed E-state index contributed by atoms with van der Waals surface area (Å²) in [5.41, 5.74) is -0.224. The maximum absolute atomic E-state index is 13.5. The number of ketones is 1. The van der Waals surface area contributed by atoms with Crippen LogP contribution in [0.5, 0.6) is 0 Å². The number of hydrogen-bond acceptors (Lipinski definition) is 11. The summed E-state index contributed by atoms with van der Waals surface area (Å²) in [6.07, 6.45) is -5.46. The second kappa shape index (κ2) is 17.2. The van der Waals surface area contributed by atoms with Gasteiger partial charge in [-0.3, -0.25) is 4.79 Å². The third-order valence-electron chi connectivity index (χ3n) is 7.43. The van der Waals surface area contributed by atoms with Crippen LogP contribution in [0.15, 0.2) is 126 Å². The Morgan fingerprint density at radius 1 is 0.633 bits per heavy atom. The summed E-state index contributed by atoms with van der Waals surface area (Å²) in [7, 11) is 0. The Morgan fingerprint density at radius 3 is 1.61 bits per heavy atom. The van der Waals surface area contributed by atoms with E-state index in [-0.39, 0.29) is 35.3 Å². The van der Waals surface area contributed by atoms with E-state index in [0.29, 0.717) is 0 Å². The van der Waals surface area contributed by atoms with Gasteiger partial charge in [-0.2, -0.15) is 0 Å². The van der Waals surface area contributed by atoms with Gasteiger partial charge in [0.15, 0.2) is 18.3 Å². The van der Waals surface area contributed by atoms with Gasteiger partial charge in [0, 0.05) is 11.3 Å². The molecule has 1 saturated heterocycles. The third kappa shape index (κ3) is 9.88. The number of carbonyl (C=O) groups is 5. The molecule has 4 aromatic rings. The third-order valence-corrected chi connectivity index (χ3v) is 8.58. The molecule has 1 fully saturated rings. The molecular formula is C38H34O10S. The first-order valence-corrected chi connectivity index (χ1v) is 16.5. The molecular weight excluding hydrogens is 648 g/mol. The second-order valence-electron chi connectivity index (χ2n) is 11.1. The SMILES string of the molecule is CC(=O)CCC(=O)O[C@H](COC(=O)c1ccccc1)C1OC(Sc2ccccc2)C(OC(=O)c2ccccc2)C1OC(=O)c1ccccc1. The molecule has 11 heteroatoms. The largest absolute Gasteiger partial charge is 0.458 e. The van der Waals surface area contributed by atoms with Gasteiger partial charge in [-0.1, -0.05) is 84.6 Å². The molecule has 1 aliphatic heterocycles. The Labute approximate surface area is 287 Å². The van der Waals surface area contributed by atoms with Crippen molar-refractivity contribution in [2.75, 3.05) is 6.61 Å². The lowest BCUT2D eigenvalue weighted by Gasteiger charge is -2.28. The summed E-state index contributed by atoms with van der Waals surface area (Å²) in [6, 6.07) is 33.9. The first-order chi connectivity index (χ1) is 23.8. The fraction of sp³-hybridized carbons (Fsp3) is 0.237. The quantitative estimate of drug-likeness (QED) is 0.113. The van der Waals surface area contributed by atoms with Crippen molar-refractivity contribution in [3.05, 3.63) is 138 Å². The highest BCUT2D eigenvalue weighted by molar-refractivity contribution is 7.99. The zero-order valence-corrected chi connectivity index (χ0v) is 27.4.